The molecule has 1 aliphatic heterocycles. The van der Waals surface area contributed by atoms with Crippen molar-refractivity contribution in [2.24, 2.45) is 0 Å². The van der Waals surface area contributed by atoms with E-state index in [1.54, 1.807) is 17.8 Å². The van der Waals surface area contributed by atoms with Crippen molar-refractivity contribution in [3.63, 3.8) is 0 Å². The molecule has 0 unspecified atom stereocenters. The first-order chi connectivity index (χ1) is 17.6. The number of aliphatic carboxylic acids is 1. The molecule has 0 radical (unpaired) electrons. The van der Waals surface area contributed by atoms with Crippen LogP contribution in [0, 0.1) is 11.3 Å². The lowest BCUT2D eigenvalue weighted by atomic mass is 10.1. The van der Waals surface area contributed by atoms with Crippen LogP contribution in [-0.2, 0) is 11.3 Å². The maximum Gasteiger partial charge on any atom is 0.346 e. The Morgan fingerprint density at radius 3 is 2.47 bits per heavy atom. The molecule has 5 aromatic rings. The Labute approximate surface area is 212 Å². The van der Waals surface area contributed by atoms with E-state index in [0.29, 0.717) is 5.56 Å². The quantitative estimate of drug-likeness (QED) is 0.203. The first-order valence-corrected chi connectivity index (χ1v) is 12.5. The Morgan fingerprint density at radius 1 is 0.917 bits per heavy atom. The van der Waals surface area contributed by atoms with Gasteiger partial charge < -0.3 is 14.6 Å². The van der Waals surface area contributed by atoms with Gasteiger partial charge in [-0.25, -0.2) is 4.79 Å². The zero-order valence-corrected chi connectivity index (χ0v) is 20.3. The number of aromatic nitrogens is 1. The Kier molecular flexibility index (Phi) is 5.28. The number of hydrogen-bond acceptors (Lipinski definition) is 4. The summed E-state index contributed by atoms with van der Waals surface area (Å²) in [7, 11) is 0. The van der Waals surface area contributed by atoms with Gasteiger partial charge in [0, 0.05) is 43.8 Å². The molecule has 0 aliphatic carbocycles. The fourth-order valence-electron chi connectivity index (χ4n) is 4.97. The van der Waals surface area contributed by atoms with Gasteiger partial charge in [0.2, 0.25) is 0 Å². The fourth-order valence-corrected chi connectivity index (χ4v) is 6.08. The minimum Gasteiger partial charge on any atom is -0.477 e. The number of nitrogens with zero attached hydrogens (tertiary/aromatic N) is 3. The van der Waals surface area contributed by atoms with Crippen molar-refractivity contribution in [1.82, 2.24) is 4.57 Å². The number of carboxylic acid groups (broad SMARTS) is 1. The molecule has 1 aliphatic rings. The number of carbonyl (C=O) groups is 1. The highest BCUT2D eigenvalue weighted by atomic mass is 32.2. The number of nitriles is 1. The van der Waals surface area contributed by atoms with Crippen LogP contribution in [-0.4, -0.2) is 15.6 Å². The molecular formula is C30H21N3O2S. The zero-order valence-electron chi connectivity index (χ0n) is 19.5. The monoisotopic (exact) mass is 487 g/mol. The van der Waals surface area contributed by atoms with Gasteiger partial charge in [0.15, 0.2) is 0 Å². The zero-order chi connectivity index (χ0) is 24.8. The van der Waals surface area contributed by atoms with E-state index < -0.39 is 5.97 Å². The molecule has 174 valence electrons. The molecule has 36 heavy (non-hydrogen) atoms. The molecule has 6 heteroatoms. The predicted molar refractivity (Wildman–Crippen MR) is 145 cm³/mol. The lowest BCUT2D eigenvalue weighted by Gasteiger charge is -2.33. The van der Waals surface area contributed by atoms with E-state index in [0.717, 1.165) is 33.4 Å². The van der Waals surface area contributed by atoms with Gasteiger partial charge in [-0.2, -0.15) is 5.26 Å². The van der Waals surface area contributed by atoms with Gasteiger partial charge in [0.25, 0.3) is 0 Å². The van der Waals surface area contributed by atoms with Gasteiger partial charge in [-0.3, -0.25) is 0 Å². The molecule has 1 aromatic heterocycles. The summed E-state index contributed by atoms with van der Waals surface area (Å²) in [5.74, 6) is -1.23. The molecule has 6 rings (SSSR count). The summed E-state index contributed by atoms with van der Waals surface area (Å²) < 4.78 is 2.34. The number of aryl methyl sites for hydroxylation is 1. The summed E-state index contributed by atoms with van der Waals surface area (Å²) in [5.41, 5.74) is 6.00. The van der Waals surface area contributed by atoms with Crippen LogP contribution in [0.4, 0.5) is 17.1 Å². The number of hydrogen-bond donors (Lipinski definition) is 1. The minimum atomic E-state index is -1.23. The first kappa shape index (κ1) is 22.0. The summed E-state index contributed by atoms with van der Waals surface area (Å²) >= 11 is 1.65. The van der Waals surface area contributed by atoms with Crippen LogP contribution in [0.2, 0.25) is 0 Å². The van der Waals surface area contributed by atoms with Crippen molar-refractivity contribution in [3.05, 3.63) is 96.1 Å². The van der Waals surface area contributed by atoms with Crippen LogP contribution in [0.3, 0.4) is 0 Å². The van der Waals surface area contributed by atoms with Crippen molar-refractivity contribution in [2.75, 3.05) is 4.90 Å². The molecule has 5 nitrogen and oxygen atoms in total. The second-order valence-electron chi connectivity index (χ2n) is 8.57. The highest BCUT2D eigenvalue weighted by Gasteiger charge is 2.25. The summed E-state index contributed by atoms with van der Waals surface area (Å²) in [5, 5.41) is 20.9. The summed E-state index contributed by atoms with van der Waals surface area (Å²) in [6.07, 6.45) is 1.42. The third-order valence-corrected chi connectivity index (χ3v) is 7.66. The summed E-state index contributed by atoms with van der Waals surface area (Å²) in [4.78, 5) is 15.7. The predicted octanol–water partition coefficient (Wildman–Crippen LogP) is 7.74. The van der Waals surface area contributed by atoms with Crippen molar-refractivity contribution in [2.45, 2.75) is 23.3 Å². The van der Waals surface area contributed by atoms with Gasteiger partial charge in [-0.1, -0.05) is 48.2 Å². The SMILES string of the molecule is CCn1c2ccccc2c2cc(N3c4ccccc4Sc4cc(/C=C(/C#N)C(=O)O)ccc43)ccc21. The first-order valence-electron chi connectivity index (χ1n) is 11.7. The maximum atomic E-state index is 11.3. The highest BCUT2D eigenvalue weighted by Crippen LogP contribution is 2.52. The average Bonchev–Trinajstić information content (AvgIpc) is 3.23. The van der Waals surface area contributed by atoms with Crippen LogP contribution in [0.1, 0.15) is 12.5 Å². The van der Waals surface area contributed by atoms with E-state index in [1.807, 2.05) is 30.3 Å². The van der Waals surface area contributed by atoms with Crippen molar-refractivity contribution in [1.29, 1.82) is 5.26 Å². The van der Waals surface area contributed by atoms with Gasteiger partial charge in [-0.05, 0) is 67.1 Å². The minimum absolute atomic E-state index is 0.286. The van der Waals surface area contributed by atoms with Crippen LogP contribution in [0.15, 0.2) is 100 Å². The number of carboxylic acids is 1. The molecule has 0 spiro atoms. The molecule has 0 saturated heterocycles. The Balaban J connectivity index is 1.55. The van der Waals surface area contributed by atoms with E-state index in [1.165, 1.54) is 27.9 Å². The summed E-state index contributed by atoms with van der Waals surface area (Å²) in [6, 6.07) is 31.0. The second kappa shape index (κ2) is 8.63. The molecule has 0 saturated carbocycles. The smallest absolute Gasteiger partial charge is 0.346 e. The molecule has 4 aromatic carbocycles. The normalized spacial score (nSPS) is 12.9. The molecular weight excluding hydrogens is 466 g/mol. The average molecular weight is 488 g/mol. The van der Waals surface area contributed by atoms with Crippen molar-refractivity contribution < 1.29 is 9.90 Å². The van der Waals surface area contributed by atoms with Crippen molar-refractivity contribution >= 4 is 62.7 Å². The van der Waals surface area contributed by atoms with E-state index in [2.05, 4.69) is 71.0 Å². The van der Waals surface area contributed by atoms with E-state index in [-0.39, 0.29) is 5.57 Å². The van der Waals surface area contributed by atoms with E-state index in [9.17, 15) is 15.2 Å². The Bertz CT molecular complexity index is 1760. The van der Waals surface area contributed by atoms with Crippen LogP contribution in [0.25, 0.3) is 27.9 Å². The maximum absolute atomic E-state index is 11.3. The van der Waals surface area contributed by atoms with E-state index >= 15 is 0 Å². The lowest BCUT2D eigenvalue weighted by Crippen LogP contribution is -2.14. The Morgan fingerprint density at radius 2 is 1.67 bits per heavy atom. The molecule has 2 heterocycles. The molecule has 1 N–H and O–H groups in total. The number of rotatable bonds is 4. The highest BCUT2D eigenvalue weighted by molar-refractivity contribution is 7.99. The standard InChI is InChI=1S/C30H21N3O2S/c1-2-32-24-8-4-3-7-22(24)23-17-21(12-14-25(23)32)33-26-9-5-6-10-28(26)36-29-16-19(11-13-27(29)33)15-20(18-31)30(34)35/h3-17H,2H2,1H3,(H,34,35)/b20-15-. The second-order valence-corrected chi connectivity index (χ2v) is 9.65. The number of para-hydroxylation sites is 2. The lowest BCUT2D eigenvalue weighted by molar-refractivity contribution is -0.132. The molecule has 0 amide bonds. The Hall–Kier alpha value is -4.47. The van der Waals surface area contributed by atoms with Gasteiger partial charge in [0.1, 0.15) is 11.6 Å². The third-order valence-electron chi connectivity index (χ3n) is 6.54. The van der Waals surface area contributed by atoms with Gasteiger partial charge in [-0.15, -0.1) is 0 Å². The largest absolute Gasteiger partial charge is 0.477 e. The third kappa shape index (κ3) is 3.44. The van der Waals surface area contributed by atoms with E-state index in [4.69, 9.17) is 0 Å². The van der Waals surface area contributed by atoms with Crippen molar-refractivity contribution in [3.8, 4) is 6.07 Å². The van der Waals surface area contributed by atoms with Gasteiger partial charge >= 0.3 is 5.97 Å². The fraction of sp³-hybridized carbons (Fsp3) is 0.0667. The number of anilines is 3. The molecule has 0 fully saturated rings. The van der Waals surface area contributed by atoms with Crippen LogP contribution in [0.5, 0.6) is 0 Å². The summed E-state index contributed by atoms with van der Waals surface area (Å²) in [6.45, 7) is 3.06. The number of fused-ring (bicyclic) bond motifs is 5. The topological polar surface area (TPSA) is 69.3 Å². The van der Waals surface area contributed by atoms with Crippen LogP contribution >= 0.6 is 11.8 Å². The number of benzene rings is 4. The van der Waals surface area contributed by atoms with Gasteiger partial charge in [0.05, 0.1) is 11.4 Å². The van der Waals surface area contributed by atoms with Crippen LogP contribution < -0.4 is 4.90 Å². The molecule has 0 bridgehead atoms. The molecule has 0 atom stereocenters.